The van der Waals surface area contributed by atoms with Gasteiger partial charge in [-0.1, -0.05) is 47.5 Å². The lowest BCUT2D eigenvalue weighted by molar-refractivity contribution is 0.121. The van der Waals surface area contributed by atoms with E-state index in [9.17, 15) is 0 Å². The molecule has 0 aromatic carbocycles. The molecule has 1 saturated carbocycles. The molecule has 0 heteroatoms. The van der Waals surface area contributed by atoms with Crippen molar-refractivity contribution in [1.82, 2.24) is 0 Å². The second-order valence-electron chi connectivity index (χ2n) is 6.55. The Morgan fingerprint density at radius 2 is 1.40 bits per heavy atom. The van der Waals surface area contributed by atoms with E-state index in [0.717, 1.165) is 17.8 Å². The number of hydrogen-bond donors (Lipinski definition) is 0. The fourth-order valence-corrected chi connectivity index (χ4v) is 3.41. The minimum atomic E-state index is 0.541. The third kappa shape index (κ3) is 3.50. The maximum Gasteiger partial charge on any atom is -0.0354 e. The normalized spacial score (nSPS) is 28.4. The molecular weight excluding hydrogens is 180 g/mol. The Balaban J connectivity index is 2.42. The van der Waals surface area contributed by atoms with Crippen molar-refractivity contribution >= 4 is 0 Å². The summed E-state index contributed by atoms with van der Waals surface area (Å²) in [4.78, 5) is 0. The van der Waals surface area contributed by atoms with Crippen LogP contribution in [0, 0.1) is 23.2 Å². The van der Waals surface area contributed by atoms with Crippen molar-refractivity contribution in [2.24, 2.45) is 23.2 Å². The van der Waals surface area contributed by atoms with Gasteiger partial charge in [-0.2, -0.15) is 0 Å². The Morgan fingerprint density at radius 3 is 1.73 bits per heavy atom. The van der Waals surface area contributed by atoms with Gasteiger partial charge in [0.15, 0.2) is 0 Å². The van der Waals surface area contributed by atoms with Crippen molar-refractivity contribution in [1.29, 1.82) is 0 Å². The van der Waals surface area contributed by atoms with Crippen molar-refractivity contribution in [2.45, 2.75) is 73.1 Å². The Labute approximate surface area is 96.8 Å². The molecule has 0 saturated heterocycles. The van der Waals surface area contributed by atoms with E-state index in [1.807, 2.05) is 0 Å². The largest absolute Gasteiger partial charge is 0.0651 e. The van der Waals surface area contributed by atoms with Gasteiger partial charge in [0.05, 0.1) is 0 Å². The van der Waals surface area contributed by atoms with Crippen molar-refractivity contribution in [3.05, 3.63) is 0 Å². The molecule has 0 aliphatic heterocycles. The van der Waals surface area contributed by atoms with E-state index < -0.39 is 0 Å². The molecule has 0 heterocycles. The van der Waals surface area contributed by atoms with Gasteiger partial charge in [0.25, 0.3) is 0 Å². The van der Waals surface area contributed by atoms with Gasteiger partial charge in [0, 0.05) is 0 Å². The fourth-order valence-electron chi connectivity index (χ4n) is 3.41. The van der Waals surface area contributed by atoms with Gasteiger partial charge in [-0.25, -0.2) is 0 Å². The predicted molar refractivity (Wildman–Crippen MR) is 69.0 cm³/mol. The van der Waals surface area contributed by atoms with Crippen molar-refractivity contribution in [2.75, 3.05) is 0 Å². The molecular formula is C15H30. The summed E-state index contributed by atoms with van der Waals surface area (Å²) in [5.41, 5.74) is 0.541. The minimum absolute atomic E-state index is 0.541. The zero-order valence-corrected chi connectivity index (χ0v) is 11.5. The monoisotopic (exact) mass is 210 g/mol. The fraction of sp³-hybridized carbons (Fsp3) is 1.00. The van der Waals surface area contributed by atoms with Crippen LogP contribution in [0.15, 0.2) is 0 Å². The van der Waals surface area contributed by atoms with Crippen LogP contribution in [0.5, 0.6) is 0 Å². The molecule has 0 bridgehead atoms. The standard InChI is InChI=1S/C15H30/c1-6-12(7-2)13-8-10-14(11-9-13)15(3,4)5/h12-14H,6-11H2,1-5H3. The Kier molecular flexibility index (Phi) is 4.67. The van der Waals surface area contributed by atoms with Gasteiger partial charge >= 0.3 is 0 Å². The van der Waals surface area contributed by atoms with E-state index in [1.165, 1.54) is 38.5 Å². The van der Waals surface area contributed by atoms with Gasteiger partial charge in [-0.15, -0.1) is 0 Å². The quantitative estimate of drug-likeness (QED) is 0.595. The van der Waals surface area contributed by atoms with Gasteiger partial charge in [-0.3, -0.25) is 0 Å². The first kappa shape index (κ1) is 13.1. The molecule has 1 aliphatic rings. The van der Waals surface area contributed by atoms with E-state index in [4.69, 9.17) is 0 Å². The summed E-state index contributed by atoms with van der Waals surface area (Å²) in [6.07, 6.45) is 8.72. The molecule has 0 radical (unpaired) electrons. The SMILES string of the molecule is CCC(CC)C1CCC(C(C)(C)C)CC1. The number of hydrogen-bond acceptors (Lipinski definition) is 0. The molecule has 0 amide bonds. The topological polar surface area (TPSA) is 0 Å². The molecule has 15 heavy (non-hydrogen) atoms. The molecule has 0 atom stereocenters. The van der Waals surface area contributed by atoms with E-state index in [2.05, 4.69) is 34.6 Å². The Bertz CT molecular complexity index is 163. The van der Waals surface area contributed by atoms with E-state index in [-0.39, 0.29) is 0 Å². The lowest BCUT2D eigenvalue weighted by Gasteiger charge is -2.39. The van der Waals surface area contributed by atoms with Crippen LogP contribution in [0.2, 0.25) is 0 Å². The molecule has 1 aliphatic carbocycles. The average Bonchev–Trinajstić information content (AvgIpc) is 2.19. The van der Waals surface area contributed by atoms with Gasteiger partial charge in [0.2, 0.25) is 0 Å². The highest BCUT2D eigenvalue weighted by molar-refractivity contribution is 4.82. The summed E-state index contributed by atoms with van der Waals surface area (Å²) < 4.78 is 0. The highest BCUT2D eigenvalue weighted by Gasteiger charge is 2.31. The third-order valence-corrected chi connectivity index (χ3v) is 4.71. The van der Waals surface area contributed by atoms with E-state index in [0.29, 0.717) is 5.41 Å². The van der Waals surface area contributed by atoms with Crippen molar-refractivity contribution in [3.63, 3.8) is 0 Å². The number of rotatable bonds is 3. The average molecular weight is 210 g/mol. The zero-order valence-electron chi connectivity index (χ0n) is 11.5. The van der Waals surface area contributed by atoms with Crippen molar-refractivity contribution < 1.29 is 0 Å². The Morgan fingerprint density at radius 1 is 0.933 bits per heavy atom. The van der Waals surface area contributed by atoms with Crippen LogP contribution in [0.1, 0.15) is 73.1 Å². The lowest BCUT2D eigenvalue weighted by Crippen LogP contribution is -2.28. The van der Waals surface area contributed by atoms with Gasteiger partial charge in [-0.05, 0) is 48.9 Å². The summed E-state index contributed by atoms with van der Waals surface area (Å²) in [5.74, 6) is 3.02. The summed E-state index contributed by atoms with van der Waals surface area (Å²) in [6, 6.07) is 0. The summed E-state index contributed by atoms with van der Waals surface area (Å²) in [5, 5.41) is 0. The molecule has 1 fully saturated rings. The second-order valence-corrected chi connectivity index (χ2v) is 6.55. The lowest BCUT2D eigenvalue weighted by atomic mass is 9.67. The van der Waals surface area contributed by atoms with Crippen LogP contribution < -0.4 is 0 Å². The molecule has 0 aromatic rings. The van der Waals surface area contributed by atoms with Gasteiger partial charge < -0.3 is 0 Å². The highest BCUT2D eigenvalue weighted by Crippen LogP contribution is 2.42. The minimum Gasteiger partial charge on any atom is -0.0651 e. The molecule has 0 aromatic heterocycles. The molecule has 0 N–H and O–H groups in total. The van der Waals surface area contributed by atoms with E-state index >= 15 is 0 Å². The van der Waals surface area contributed by atoms with Crippen LogP contribution in [0.3, 0.4) is 0 Å². The first-order valence-electron chi connectivity index (χ1n) is 6.99. The molecule has 1 rings (SSSR count). The second kappa shape index (κ2) is 5.37. The zero-order chi connectivity index (χ0) is 11.5. The summed E-state index contributed by atoms with van der Waals surface area (Å²) in [7, 11) is 0. The highest BCUT2D eigenvalue weighted by atomic mass is 14.4. The third-order valence-electron chi connectivity index (χ3n) is 4.71. The maximum absolute atomic E-state index is 2.41. The maximum atomic E-state index is 2.41. The smallest absolute Gasteiger partial charge is 0.0354 e. The summed E-state index contributed by atoms with van der Waals surface area (Å²) in [6.45, 7) is 12.0. The molecule has 90 valence electrons. The predicted octanol–water partition coefficient (Wildman–Crippen LogP) is 5.28. The molecule has 0 unspecified atom stereocenters. The van der Waals surface area contributed by atoms with Crippen LogP contribution in [0.25, 0.3) is 0 Å². The van der Waals surface area contributed by atoms with Crippen LogP contribution in [-0.4, -0.2) is 0 Å². The van der Waals surface area contributed by atoms with Crippen molar-refractivity contribution in [3.8, 4) is 0 Å². The van der Waals surface area contributed by atoms with Crippen LogP contribution >= 0.6 is 0 Å². The van der Waals surface area contributed by atoms with Crippen LogP contribution in [0.4, 0.5) is 0 Å². The van der Waals surface area contributed by atoms with Gasteiger partial charge in [0.1, 0.15) is 0 Å². The first-order valence-corrected chi connectivity index (χ1v) is 6.99. The first-order chi connectivity index (χ1) is 6.99. The van der Waals surface area contributed by atoms with E-state index in [1.54, 1.807) is 0 Å². The summed E-state index contributed by atoms with van der Waals surface area (Å²) >= 11 is 0. The van der Waals surface area contributed by atoms with Crippen LogP contribution in [-0.2, 0) is 0 Å². The molecule has 0 spiro atoms. The molecule has 0 nitrogen and oxygen atoms in total. The Hall–Kier alpha value is 0.